The monoisotopic (exact) mass is 238 g/mol. The Morgan fingerprint density at radius 1 is 1.47 bits per heavy atom. The van der Waals surface area contributed by atoms with Gasteiger partial charge in [0, 0.05) is 6.61 Å². The molecule has 96 valence electrons. The summed E-state index contributed by atoms with van der Waals surface area (Å²) >= 11 is 0. The third kappa shape index (κ3) is 4.13. The van der Waals surface area contributed by atoms with Crippen molar-refractivity contribution < 1.29 is 9.15 Å². The van der Waals surface area contributed by atoms with Crippen molar-refractivity contribution >= 4 is 0 Å². The van der Waals surface area contributed by atoms with Crippen molar-refractivity contribution in [3.63, 3.8) is 0 Å². The summed E-state index contributed by atoms with van der Waals surface area (Å²) in [4.78, 5) is 4.50. The van der Waals surface area contributed by atoms with Gasteiger partial charge in [-0.15, -0.1) is 0 Å². The predicted octanol–water partition coefficient (Wildman–Crippen LogP) is 1.94. The van der Waals surface area contributed by atoms with E-state index < -0.39 is 0 Å². The Bertz CT molecular complexity index is 319. The number of nitrogens with zero attached hydrogens (tertiary/aromatic N) is 1. The molecule has 0 amide bonds. The molecular weight excluding hydrogens is 216 g/mol. The summed E-state index contributed by atoms with van der Waals surface area (Å²) in [5.74, 6) is 0.830. The van der Waals surface area contributed by atoms with E-state index in [-0.39, 0.29) is 0 Å². The molecule has 4 nitrogen and oxygen atoms in total. The smallest absolute Gasteiger partial charge is 0.196 e. The van der Waals surface area contributed by atoms with Gasteiger partial charge in [-0.3, -0.25) is 0 Å². The van der Waals surface area contributed by atoms with Gasteiger partial charge in [-0.05, 0) is 45.7 Å². The summed E-state index contributed by atoms with van der Waals surface area (Å²) in [5, 5.41) is 3.13. The predicted molar refractivity (Wildman–Crippen MR) is 66.0 cm³/mol. The van der Waals surface area contributed by atoms with Crippen LogP contribution in [0.2, 0.25) is 0 Å². The second-order valence-electron chi connectivity index (χ2n) is 4.63. The molecule has 0 aromatic carbocycles. The van der Waals surface area contributed by atoms with Crippen molar-refractivity contribution in [2.45, 2.75) is 44.6 Å². The summed E-state index contributed by atoms with van der Waals surface area (Å²) < 4.78 is 11.2. The highest BCUT2D eigenvalue weighted by Gasteiger charge is 2.17. The van der Waals surface area contributed by atoms with Gasteiger partial charge in [0.25, 0.3) is 0 Å². The minimum absolute atomic E-state index is 0.313. The zero-order valence-corrected chi connectivity index (χ0v) is 10.6. The Kier molecular flexibility index (Phi) is 5.01. The summed E-state index contributed by atoms with van der Waals surface area (Å²) in [6.07, 6.45) is 8.60. The van der Waals surface area contributed by atoms with E-state index in [2.05, 4.69) is 10.3 Å². The molecule has 0 saturated carbocycles. The van der Waals surface area contributed by atoms with Crippen LogP contribution in [0.4, 0.5) is 0 Å². The first kappa shape index (κ1) is 12.6. The molecule has 0 aliphatic carbocycles. The molecular formula is C13H22N2O2. The van der Waals surface area contributed by atoms with Crippen molar-refractivity contribution in [3.05, 3.63) is 17.8 Å². The molecule has 2 heterocycles. The largest absolute Gasteiger partial charge is 0.449 e. The van der Waals surface area contributed by atoms with Gasteiger partial charge in [0.05, 0.1) is 18.2 Å². The highest BCUT2D eigenvalue weighted by molar-refractivity contribution is 4.98. The molecule has 0 radical (unpaired) electrons. The van der Waals surface area contributed by atoms with Crippen LogP contribution in [-0.2, 0) is 17.6 Å². The molecule has 1 aliphatic rings. The van der Waals surface area contributed by atoms with E-state index in [1.165, 1.54) is 12.8 Å². The van der Waals surface area contributed by atoms with Gasteiger partial charge in [-0.2, -0.15) is 0 Å². The van der Waals surface area contributed by atoms with Gasteiger partial charge >= 0.3 is 0 Å². The zero-order chi connectivity index (χ0) is 11.9. The van der Waals surface area contributed by atoms with Crippen molar-refractivity contribution in [1.82, 2.24) is 10.3 Å². The van der Waals surface area contributed by atoms with Gasteiger partial charge in [0.15, 0.2) is 5.89 Å². The first-order chi connectivity index (χ1) is 8.38. The minimum Gasteiger partial charge on any atom is -0.449 e. The van der Waals surface area contributed by atoms with Crippen LogP contribution in [-0.4, -0.2) is 31.3 Å². The Balaban J connectivity index is 1.76. The van der Waals surface area contributed by atoms with Gasteiger partial charge in [-0.1, -0.05) is 0 Å². The molecule has 1 saturated heterocycles. The first-order valence-electron chi connectivity index (χ1n) is 6.58. The summed E-state index contributed by atoms with van der Waals surface area (Å²) in [6.45, 7) is 1.91. The molecule has 1 aromatic heterocycles. The van der Waals surface area contributed by atoms with Gasteiger partial charge in [0.1, 0.15) is 6.26 Å². The number of nitrogens with one attached hydrogen (secondary N) is 1. The van der Waals surface area contributed by atoms with Crippen molar-refractivity contribution in [2.24, 2.45) is 0 Å². The van der Waals surface area contributed by atoms with Gasteiger partial charge in [-0.25, -0.2) is 4.98 Å². The summed E-state index contributed by atoms with van der Waals surface area (Å²) in [6, 6.07) is 0. The van der Waals surface area contributed by atoms with E-state index in [1.54, 1.807) is 6.26 Å². The SMILES string of the molecule is CNCCCc1coc(CC2CCCCO2)n1. The second-order valence-corrected chi connectivity index (χ2v) is 4.63. The van der Waals surface area contributed by atoms with Crippen LogP contribution >= 0.6 is 0 Å². The third-order valence-corrected chi connectivity index (χ3v) is 3.14. The van der Waals surface area contributed by atoms with Crippen LogP contribution in [0, 0.1) is 0 Å². The van der Waals surface area contributed by atoms with Crippen molar-refractivity contribution in [2.75, 3.05) is 20.2 Å². The maximum absolute atomic E-state index is 5.68. The number of aromatic nitrogens is 1. The fourth-order valence-electron chi connectivity index (χ4n) is 2.17. The Morgan fingerprint density at radius 2 is 2.41 bits per heavy atom. The Morgan fingerprint density at radius 3 is 3.18 bits per heavy atom. The van der Waals surface area contributed by atoms with E-state index in [1.807, 2.05) is 7.05 Å². The average molecular weight is 238 g/mol. The number of hydrogen-bond acceptors (Lipinski definition) is 4. The van der Waals surface area contributed by atoms with E-state index in [0.29, 0.717) is 6.10 Å². The van der Waals surface area contributed by atoms with Gasteiger partial charge < -0.3 is 14.5 Å². The van der Waals surface area contributed by atoms with Crippen molar-refractivity contribution in [3.8, 4) is 0 Å². The second kappa shape index (κ2) is 6.77. The molecule has 4 heteroatoms. The van der Waals surface area contributed by atoms with Crippen molar-refractivity contribution in [1.29, 1.82) is 0 Å². The standard InChI is InChI=1S/C13H22N2O2/c1-14-7-4-5-11-10-17-13(15-11)9-12-6-2-3-8-16-12/h10,12,14H,2-9H2,1H3. The van der Waals surface area contributed by atoms with Crippen LogP contribution < -0.4 is 5.32 Å². The molecule has 0 bridgehead atoms. The van der Waals surface area contributed by atoms with E-state index >= 15 is 0 Å². The lowest BCUT2D eigenvalue weighted by molar-refractivity contribution is 0.0132. The lowest BCUT2D eigenvalue weighted by Crippen LogP contribution is -2.21. The molecule has 1 fully saturated rings. The molecule has 1 unspecified atom stereocenters. The quantitative estimate of drug-likeness (QED) is 0.769. The van der Waals surface area contributed by atoms with E-state index in [9.17, 15) is 0 Å². The molecule has 2 rings (SSSR count). The van der Waals surface area contributed by atoms with Crippen LogP contribution in [0.1, 0.15) is 37.3 Å². The normalized spacial score (nSPS) is 20.6. The van der Waals surface area contributed by atoms with E-state index in [4.69, 9.17) is 9.15 Å². The lowest BCUT2D eigenvalue weighted by Gasteiger charge is -2.20. The molecule has 0 spiro atoms. The average Bonchev–Trinajstić information content (AvgIpc) is 2.79. The summed E-state index contributed by atoms with van der Waals surface area (Å²) in [5.41, 5.74) is 1.06. The summed E-state index contributed by atoms with van der Waals surface area (Å²) in [7, 11) is 1.97. The van der Waals surface area contributed by atoms with Gasteiger partial charge in [0.2, 0.25) is 0 Å². The topological polar surface area (TPSA) is 47.3 Å². The molecule has 1 atom stereocenters. The lowest BCUT2D eigenvalue weighted by atomic mass is 10.1. The molecule has 17 heavy (non-hydrogen) atoms. The number of oxazole rings is 1. The van der Waals surface area contributed by atoms with Crippen LogP contribution in [0.25, 0.3) is 0 Å². The first-order valence-corrected chi connectivity index (χ1v) is 6.58. The Labute approximate surface area is 103 Å². The van der Waals surface area contributed by atoms with Crippen LogP contribution in [0.3, 0.4) is 0 Å². The number of ether oxygens (including phenoxy) is 1. The maximum atomic E-state index is 5.68. The maximum Gasteiger partial charge on any atom is 0.196 e. The molecule has 1 N–H and O–H groups in total. The molecule has 1 aromatic rings. The minimum atomic E-state index is 0.313. The molecule has 1 aliphatic heterocycles. The Hall–Kier alpha value is -0.870. The van der Waals surface area contributed by atoms with Crippen LogP contribution in [0.15, 0.2) is 10.7 Å². The number of hydrogen-bond donors (Lipinski definition) is 1. The fraction of sp³-hybridized carbons (Fsp3) is 0.769. The van der Waals surface area contributed by atoms with Crippen LogP contribution in [0.5, 0.6) is 0 Å². The third-order valence-electron chi connectivity index (χ3n) is 3.14. The fourth-order valence-corrected chi connectivity index (χ4v) is 2.17. The van der Waals surface area contributed by atoms with E-state index in [0.717, 1.165) is 50.4 Å². The zero-order valence-electron chi connectivity index (χ0n) is 10.6. The highest BCUT2D eigenvalue weighted by Crippen LogP contribution is 2.17. The number of rotatable bonds is 6. The number of aryl methyl sites for hydroxylation is 1. The highest BCUT2D eigenvalue weighted by atomic mass is 16.5.